The van der Waals surface area contributed by atoms with Crippen molar-refractivity contribution in [2.24, 2.45) is 0 Å². The van der Waals surface area contributed by atoms with Crippen molar-refractivity contribution < 1.29 is 9.53 Å². The molecule has 0 aliphatic carbocycles. The van der Waals surface area contributed by atoms with Crippen LogP contribution in [-0.4, -0.2) is 24.0 Å². The quantitative estimate of drug-likeness (QED) is 0.731. The number of ether oxygens (including phenoxy) is 1. The number of hydrogen-bond acceptors (Lipinski definition) is 3. The molecule has 3 nitrogen and oxygen atoms in total. The Labute approximate surface area is 132 Å². The molecule has 0 saturated carbocycles. The number of rotatable bonds is 7. The van der Waals surface area contributed by atoms with Crippen molar-refractivity contribution in [3.8, 4) is 0 Å². The number of benzene rings is 2. The molecule has 0 aromatic heterocycles. The molecular weight excluding hydrogens is 274 g/mol. The fourth-order valence-electron chi connectivity index (χ4n) is 2.62. The van der Waals surface area contributed by atoms with Crippen LogP contribution in [0.5, 0.6) is 0 Å². The second kappa shape index (κ2) is 8.35. The van der Waals surface area contributed by atoms with Gasteiger partial charge in [-0.15, -0.1) is 0 Å². The maximum atomic E-state index is 12.1. The van der Waals surface area contributed by atoms with E-state index in [1.807, 2.05) is 43.3 Å². The van der Waals surface area contributed by atoms with Crippen LogP contribution in [0.2, 0.25) is 0 Å². The molecule has 0 fully saturated rings. The van der Waals surface area contributed by atoms with E-state index in [0.29, 0.717) is 0 Å². The largest absolute Gasteiger partial charge is 0.468 e. The molecule has 2 aromatic rings. The molecule has 0 amide bonds. The van der Waals surface area contributed by atoms with Crippen molar-refractivity contribution in [3.63, 3.8) is 0 Å². The molecular formula is C19H23NO2. The van der Waals surface area contributed by atoms with Gasteiger partial charge in [0.05, 0.1) is 7.11 Å². The van der Waals surface area contributed by atoms with Crippen LogP contribution in [0.3, 0.4) is 0 Å². The van der Waals surface area contributed by atoms with Gasteiger partial charge in [0.25, 0.3) is 0 Å². The molecule has 0 saturated heterocycles. The molecule has 1 unspecified atom stereocenters. The first kappa shape index (κ1) is 16.2. The summed E-state index contributed by atoms with van der Waals surface area (Å²) in [6.07, 6.45) is 0.729. The summed E-state index contributed by atoms with van der Waals surface area (Å²) < 4.78 is 4.98. The third kappa shape index (κ3) is 4.43. The van der Waals surface area contributed by atoms with Gasteiger partial charge in [-0.2, -0.15) is 0 Å². The molecule has 0 aliphatic rings. The predicted molar refractivity (Wildman–Crippen MR) is 88.2 cm³/mol. The molecule has 0 heterocycles. The van der Waals surface area contributed by atoms with Gasteiger partial charge in [-0.3, -0.25) is 9.69 Å². The van der Waals surface area contributed by atoms with Crippen molar-refractivity contribution >= 4 is 5.97 Å². The van der Waals surface area contributed by atoms with Crippen LogP contribution in [-0.2, 0) is 22.6 Å². The van der Waals surface area contributed by atoms with Gasteiger partial charge >= 0.3 is 5.97 Å². The van der Waals surface area contributed by atoms with E-state index in [9.17, 15) is 4.79 Å². The van der Waals surface area contributed by atoms with Crippen molar-refractivity contribution in [2.45, 2.75) is 32.5 Å². The van der Waals surface area contributed by atoms with Gasteiger partial charge in [-0.1, -0.05) is 67.6 Å². The van der Waals surface area contributed by atoms with Gasteiger partial charge < -0.3 is 4.74 Å². The number of carbonyl (C=O) groups is 1. The van der Waals surface area contributed by atoms with E-state index in [-0.39, 0.29) is 12.0 Å². The zero-order valence-electron chi connectivity index (χ0n) is 13.2. The van der Waals surface area contributed by atoms with E-state index in [1.165, 1.54) is 18.2 Å². The smallest absolute Gasteiger partial charge is 0.323 e. The summed E-state index contributed by atoms with van der Waals surface area (Å²) in [6.45, 7) is 3.47. The van der Waals surface area contributed by atoms with Crippen LogP contribution in [0.1, 0.15) is 24.5 Å². The third-order valence-electron chi connectivity index (χ3n) is 3.76. The van der Waals surface area contributed by atoms with Gasteiger partial charge in [0.1, 0.15) is 6.04 Å². The molecule has 0 spiro atoms. The number of carbonyl (C=O) groups excluding carboxylic acids is 1. The monoisotopic (exact) mass is 297 g/mol. The number of nitrogens with zero attached hydrogens (tertiary/aromatic N) is 1. The Kier molecular flexibility index (Phi) is 6.16. The Hall–Kier alpha value is -2.13. The zero-order valence-corrected chi connectivity index (χ0v) is 13.2. The highest BCUT2D eigenvalue weighted by molar-refractivity contribution is 5.75. The molecule has 0 bridgehead atoms. The summed E-state index contributed by atoms with van der Waals surface area (Å²) in [4.78, 5) is 14.3. The maximum absolute atomic E-state index is 12.1. The van der Waals surface area contributed by atoms with Crippen LogP contribution in [0.25, 0.3) is 0 Å². The average molecular weight is 297 g/mol. The van der Waals surface area contributed by atoms with Gasteiger partial charge in [0.15, 0.2) is 0 Å². The zero-order chi connectivity index (χ0) is 15.8. The Morgan fingerprint density at radius 1 is 0.955 bits per heavy atom. The van der Waals surface area contributed by atoms with Crippen LogP contribution < -0.4 is 0 Å². The summed E-state index contributed by atoms with van der Waals surface area (Å²) in [7, 11) is 1.45. The predicted octanol–water partition coefficient (Wildman–Crippen LogP) is 3.64. The molecule has 22 heavy (non-hydrogen) atoms. The summed E-state index contributed by atoms with van der Waals surface area (Å²) >= 11 is 0. The van der Waals surface area contributed by atoms with Crippen LogP contribution in [0.15, 0.2) is 60.7 Å². The first-order valence-corrected chi connectivity index (χ1v) is 7.64. The number of esters is 1. The van der Waals surface area contributed by atoms with Crippen LogP contribution in [0.4, 0.5) is 0 Å². The standard InChI is InChI=1S/C19H23NO2/c1-3-18(19(21)22-2)20(14-16-10-6-4-7-11-16)15-17-12-8-5-9-13-17/h4-13,18H,3,14-15H2,1-2H3. The first-order chi connectivity index (χ1) is 10.7. The maximum Gasteiger partial charge on any atom is 0.323 e. The van der Waals surface area contributed by atoms with Gasteiger partial charge in [-0.05, 0) is 17.5 Å². The minimum Gasteiger partial charge on any atom is -0.468 e. The van der Waals surface area contributed by atoms with E-state index in [0.717, 1.165) is 19.5 Å². The molecule has 2 aromatic carbocycles. The van der Waals surface area contributed by atoms with E-state index >= 15 is 0 Å². The SMILES string of the molecule is CCC(C(=O)OC)N(Cc1ccccc1)Cc1ccccc1. The van der Waals surface area contributed by atoms with Crippen molar-refractivity contribution in [1.29, 1.82) is 0 Å². The van der Waals surface area contributed by atoms with E-state index in [2.05, 4.69) is 29.2 Å². The summed E-state index contributed by atoms with van der Waals surface area (Å²) in [5.74, 6) is -0.172. The molecule has 0 N–H and O–H groups in total. The lowest BCUT2D eigenvalue weighted by Gasteiger charge is -2.29. The first-order valence-electron chi connectivity index (χ1n) is 7.64. The van der Waals surface area contributed by atoms with Gasteiger partial charge in [-0.25, -0.2) is 0 Å². The molecule has 3 heteroatoms. The fourth-order valence-corrected chi connectivity index (χ4v) is 2.62. The Morgan fingerprint density at radius 2 is 1.41 bits per heavy atom. The van der Waals surface area contributed by atoms with E-state index in [1.54, 1.807) is 0 Å². The summed E-state index contributed by atoms with van der Waals surface area (Å²) in [5.41, 5.74) is 2.39. The minimum atomic E-state index is -0.231. The Morgan fingerprint density at radius 3 is 1.77 bits per heavy atom. The van der Waals surface area contributed by atoms with Crippen LogP contribution in [0, 0.1) is 0 Å². The Balaban J connectivity index is 2.21. The highest BCUT2D eigenvalue weighted by atomic mass is 16.5. The lowest BCUT2D eigenvalue weighted by Crippen LogP contribution is -2.40. The molecule has 0 aliphatic heterocycles. The summed E-state index contributed by atoms with van der Waals surface area (Å²) in [5, 5.41) is 0. The number of methoxy groups -OCH3 is 1. The van der Waals surface area contributed by atoms with Gasteiger partial charge in [0, 0.05) is 13.1 Å². The normalized spacial score (nSPS) is 12.1. The average Bonchev–Trinajstić information content (AvgIpc) is 2.57. The topological polar surface area (TPSA) is 29.5 Å². The second-order valence-electron chi connectivity index (χ2n) is 5.32. The van der Waals surface area contributed by atoms with Gasteiger partial charge in [0.2, 0.25) is 0 Å². The molecule has 1 atom stereocenters. The molecule has 0 radical (unpaired) electrons. The summed E-state index contributed by atoms with van der Waals surface area (Å²) in [6, 6.07) is 20.2. The van der Waals surface area contributed by atoms with Crippen molar-refractivity contribution in [3.05, 3.63) is 71.8 Å². The lowest BCUT2D eigenvalue weighted by molar-refractivity contribution is -0.147. The van der Waals surface area contributed by atoms with E-state index < -0.39 is 0 Å². The number of hydrogen-bond donors (Lipinski definition) is 0. The minimum absolute atomic E-state index is 0.172. The van der Waals surface area contributed by atoms with E-state index in [4.69, 9.17) is 4.74 Å². The second-order valence-corrected chi connectivity index (χ2v) is 5.32. The highest BCUT2D eigenvalue weighted by Gasteiger charge is 2.25. The lowest BCUT2D eigenvalue weighted by atomic mass is 10.1. The molecule has 116 valence electrons. The van der Waals surface area contributed by atoms with Crippen LogP contribution >= 0.6 is 0 Å². The highest BCUT2D eigenvalue weighted by Crippen LogP contribution is 2.16. The third-order valence-corrected chi connectivity index (χ3v) is 3.76. The fraction of sp³-hybridized carbons (Fsp3) is 0.316. The van der Waals surface area contributed by atoms with Crippen molar-refractivity contribution in [1.82, 2.24) is 4.90 Å². The molecule has 2 rings (SSSR count). The van der Waals surface area contributed by atoms with Crippen molar-refractivity contribution in [2.75, 3.05) is 7.11 Å². The Bertz CT molecular complexity index is 527.